The summed E-state index contributed by atoms with van der Waals surface area (Å²) in [4.78, 5) is 16.2. The molecule has 0 aliphatic heterocycles. The standard InChI is InChI=1S/C15H17N3O2/c1-16-14-5-3-4-13(18-14)15(19)17-10-11-6-8-12(20-2)9-7-11/h3-9H,10H2,1-2H3,(H,16,18)(H,17,19). The zero-order chi connectivity index (χ0) is 14.4. The quantitative estimate of drug-likeness (QED) is 0.873. The zero-order valence-corrected chi connectivity index (χ0v) is 11.5. The van der Waals surface area contributed by atoms with Gasteiger partial charge in [-0.25, -0.2) is 4.98 Å². The van der Waals surface area contributed by atoms with Crippen molar-refractivity contribution in [1.82, 2.24) is 10.3 Å². The van der Waals surface area contributed by atoms with Gasteiger partial charge in [-0.1, -0.05) is 18.2 Å². The van der Waals surface area contributed by atoms with Crippen molar-refractivity contribution in [2.24, 2.45) is 0 Å². The molecule has 0 bridgehead atoms. The maximum atomic E-state index is 12.0. The molecule has 0 atom stereocenters. The van der Waals surface area contributed by atoms with Crippen LogP contribution < -0.4 is 15.4 Å². The number of ether oxygens (including phenoxy) is 1. The van der Waals surface area contributed by atoms with Crippen molar-refractivity contribution in [2.75, 3.05) is 19.5 Å². The lowest BCUT2D eigenvalue weighted by Gasteiger charge is -2.07. The van der Waals surface area contributed by atoms with Gasteiger partial charge in [-0.3, -0.25) is 4.79 Å². The summed E-state index contributed by atoms with van der Waals surface area (Å²) in [6.45, 7) is 0.453. The Morgan fingerprint density at radius 3 is 2.60 bits per heavy atom. The van der Waals surface area contributed by atoms with Crippen molar-refractivity contribution in [2.45, 2.75) is 6.54 Å². The highest BCUT2D eigenvalue weighted by atomic mass is 16.5. The second kappa shape index (κ2) is 6.56. The number of hydrogen-bond acceptors (Lipinski definition) is 4. The van der Waals surface area contributed by atoms with E-state index in [4.69, 9.17) is 4.74 Å². The number of methoxy groups -OCH3 is 1. The highest BCUT2D eigenvalue weighted by molar-refractivity contribution is 5.92. The van der Waals surface area contributed by atoms with E-state index >= 15 is 0 Å². The Hall–Kier alpha value is -2.56. The first kappa shape index (κ1) is 13.9. The van der Waals surface area contributed by atoms with Crippen LogP contribution in [-0.2, 0) is 6.54 Å². The number of pyridine rings is 1. The molecule has 1 aromatic carbocycles. The van der Waals surface area contributed by atoms with E-state index in [0.717, 1.165) is 11.3 Å². The molecule has 0 fully saturated rings. The first-order valence-electron chi connectivity index (χ1n) is 6.29. The van der Waals surface area contributed by atoms with Crippen molar-refractivity contribution in [1.29, 1.82) is 0 Å². The van der Waals surface area contributed by atoms with Gasteiger partial charge in [0.1, 0.15) is 17.3 Å². The third-order valence-corrected chi connectivity index (χ3v) is 2.85. The van der Waals surface area contributed by atoms with Gasteiger partial charge in [0.2, 0.25) is 0 Å². The molecule has 1 amide bonds. The van der Waals surface area contributed by atoms with Gasteiger partial charge in [-0.15, -0.1) is 0 Å². The molecule has 1 heterocycles. The van der Waals surface area contributed by atoms with Gasteiger partial charge in [-0.2, -0.15) is 0 Å². The molecule has 0 aliphatic rings. The van der Waals surface area contributed by atoms with Crippen LogP contribution in [0, 0.1) is 0 Å². The van der Waals surface area contributed by atoms with E-state index in [1.807, 2.05) is 24.3 Å². The van der Waals surface area contributed by atoms with Gasteiger partial charge < -0.3 is 15.4 Å². The molecule has 5 heteroatoms. The predicted octanol–water partition coefficient (Wildman–Crippen LogP) is 2.06. The Morgan fingerprint density at radius 2 is 1.95 bits per heavy atom. The van der Waals surface area contributed by atoms with E-state index in [1.54, 1.807) is 32.4 Å². The molecule has 0 radical (unpaired) electrons. The second-order valence-corrected chi connectivity index (χ2v) is 4.19. The van der Waals surface area contributed by atoms with Crippen LogP contribution in [0.15, 0.2) is 42.5 Å². The first-order valence-corrected chi connectivity index (χ1v) is 6.29. The maximum Gasteiger partial charge on any atom is 0.270 e. The molecule has 20 heavy (non-hydrogen) atoms. The fourth-order valence-electron chi connectivity index (χ4n) is 1.72. The van der Waals surface area contributed by atoms with Crippen LogP contribution in [0.3, 0.4) is 0 Å². The molecule has 0 unspecified atom stereocenters. The summed E-state index contributed by atoms with van der Waals surface area (Å²) in [6.07, 6.45) is 0. The summed E-state index contributed by atoms with van der Waals surface area (Å²) in [5.41, 5.74) is 1.40. The number of anilines is 1. The van der Waals surface area contributed by atoms with Crippen molar-refractivity contribution >= 4 is 11.7 Å². The highest BCUT2D eigenvalue weighted by Crippen LogP contribution is 2.11. The molecule has 0 aliphatic carbocycles. The molecule has 2 aromatic rings. The van der Waals surface area contributed by atoms with Gasteiger partial charge in [0.25, 0.3) is 5.91 Å². The van der Waals surface area contributed by atoms with Crippen LogP contribution in [0.1, 0.15) is 16.1 Å². The summed E-state index contributed by atoms with van der Waals surface area (Å²) in [7, 11) is 3.39. The Morgan fingerprint density at radius 1 is 1.20 bits per heavy atom. The average molecular weight is 271 g/mol. The molecular formula is C15H17N3O2. The fourth-order valence-corrected chi connectivity index (χ4v) is 1.72. The first-order chi connectivity index (χ1) is 9.72. The minimum Gasteiger partial charge on any atom is -0.497 e. The van der Waals surface area contributed by atoms with Crippen LogP contribution in [-0.4, -0.2) is 25.0 Å². The lowest BCUT2D eigenvalue weighted by molar-refractivity contribution is 0.0946. The molecule has 104 valence electrons. The monoisotopic (exact) mass is 271 g/mol. The lowest BCUT2D eigenvalue weighted by atomic mass is 10.2. The number of nitrogens with zero attached hydrogens (tertiary/aromatic N) is 1. The SMILES string of the molecule is CNc1cccc(C(=O)NCc2ccc(OC)cc2)n1. The van der Waals surface area contributed by atoms with Gasteiger partial charge in [-0.05, 0) is 29.8 Å². The molecule has 1 aromatic heterocycles. The van der Waals surface area contributed by atoms with Crippen molar-refractivity contribution in [3.8, 4) is 5.75 Å². The fraction of sp³-hybridized carbons (Fsp3) is 0.200. The summed E-state index contributed by atoms with van der Waals surface area (Å²) < 4.78 is 5.09. The minimum atomic E-state index is -0.196. The average Bonchev–Trinajstić information content (AvgIpc) is 2.53. The maximum absolute atomic E-state index is 12.0. The molecule has 0 saturated carbocycles. The number of rotatable bonds is 5. The molecule has 0 spiro atoms. The van der Waals surface area contributed by atoms with Gasteiger partial charge >= 0.3 is 0 Å². The number of carbonyl (C=O) groups excluding carboxylic acids is 1. The molecule has 0 saturated heterocycles. The van der Waals surface area contributed by atoms with Gasteiger partial charge in [0.15, 0.2) is 0 Å². The Balaban J connectivity index is 1.97. The molecule has 2 rings (SSSR count). The van der Waals surface area contributed by atoms with Crippen molar-refractivity contribution in [3.05, 3.63) is 53.7 Å². The third kappa shape index (κ3) is 3.47. The van der Waals surface area contributed by atoms with E-state index in [-0.39, 0.29) is 5.91 Å². The normalized spacial score (nSPS) is 9.90. The van der Waals surface area contributed by atoms with Gasteiger partial charge in [0, 0.05) is 13.6 Å². The summed E-state index contributed by atoms with van der Waals surface area (Å²) in [5.74, 6) is 1.27. The Bertz CT molecular complexity index is 582. The van der Waals surface area contributed by atoms with Crippen LogP contribution in [0.25, 0.3) is 0 Å². The minimum absolute atomic E-state index is 0.196. The number of carbonyl (C=O) groups is 1. The van der Waals surface area contributed by atoms with Crippen LogP contribution >= 0.6 is 0 Å². The Kier molecular flexibility index (Phi) is 4.55. The Labute approximate surface area is 118 Å². The second-order valence-electron chi connectivity index (χ2n) is 4.19. The number of hydrogen-bond donors (Lipinski definition) is 2. The zero-order valence-electron chi connectivity index (χ0n) is 11.5. The van der Waals surface area contributed by atoms with E-state index in [1.165, 1.54) is 0 Å². The lowest BCUT2D eigenvalue weighted by Crippen LogP contribution is -2.23. The molecular weight excluding hydrogens is 254 g/mol. The number of nitrogens with one attached hydrogen (secondary N) is 2. The molecule has 5 nitrogen and oxygen atoms in total. The van der Waals surface area contributed by atoms with E-state index in [9.17, 15) is 4.79 Å². The third-order valence-electron chi connectivity index (χ3n) is 2.85. The smallest absolute Gasteiger partial charge is 0.270 e. The van der Waals surface area contributed by atoms with Crippen LogP contribution in [0.2, 0.25) is 0 Å². The number of aromatic nitrogens is 1. The van der Waals surface area contributed by atoms with E-state index in [2.05, 4.69) is 15.6 Å². The summed E-state index contributed by atoms with van der Waals surface area (Å²) >= 11 is 0. The summed E-state index contributed by atoms with van der Waals surface area (Å²) in [5, 5.41) is 5.74. The largest absolute Gasteiger partial charge is 0.497 e. The highest BCUT2D eigenvalue weighted by Gasteiger charge is 2.07. The van der Waals surface area contributed by atoms with Crippen LogP contribution in [0.4, 0.5) is 5.82 Å². The predicted molar refractivity (Wildman–Crippen MR) is 77.9 cm³/mol. The number of amides is 1. The van der Waals surface area contributed by atoms with Crippen molar-refractivity contribution < 1.29 is 9.53 Å². The van der Waals surface area contributed by atoms with Crippen LogP contribution in [0.5, 0.6) is 5.75 Å². The van der Waals surface area contributed by atoms with E-state index < -0.39 is 0 Å². The van der Waals surface area contributed by atoms with Gasteiger partial charge in [0.05, 0.1) is 7.11 Å². The topological polar surface area (TPSA) is 63.2 Å². The van der Waals surface area contributed by atoms with E-state index in [0.29, 0.717) is 18.1 Å². The van der Waals surface area contributed by atoms with Crippen molar-refractivity contribution in [3.63, 3.8) is 0 Å². The summed E-state index contributed by atoms with van der Waals surface area (Å²) in [6, 6.07) is 12.8. The molecule has 2 N–H and O–H groups in total. The number of benzene rings is 1.